The summed E-state index contributed by atoms with van der Waals surface area (Å²) in [6, 6.07) is 23.4. The van der Waals surface area contributed by atoms with Gasteiger partial charge in [-0.05, 0) is 68.8 Å². The van der Waals surface area contributed by atoms with Crippen molar-refractivity contribution >= 4 is 0 Å². The predicted octanol–water partition coefficient (Wildman–Crippen LogP) is 6.53. The zero-order valence-corrected chi connectivity index (χ0v) is 26.5. The first-order valence-corrected chi connectivity index (χ1v) is 16.2. The molecule has 242 valence electrons. The molecule has 4 unspecified atom stereocenters. The summed E-state index contributed by atoms with van der Waals surface area (Å²) in [6.07, 6.45) is 0. The first-order chi connectivity index (χ1) is 23.4. The lowest BCUT2D eigenvalue weighted by Gasteiger charge is -2.49. The van der Waals surface area contributed by atoms with Crippen molar-refractivity contribution < 1.29 is 39.4 Å². The topological polar surface area (TPSA) is 118 Å². The maximum absolute atomic E-state index is 10.8. The molecule has 11 rings (SSSR count). The lowest BCUT2D eigenvalue weighted by molar-refractivity contribution is 0.141. The van der Waals surface area contributed by atoms with E-state index in [9.17, 15) is 20.4 Å². The van der Waals surface area contributed by atoms with Gasteiger partial charge in [-0.1, -0.05) is 48.5 Å². The van der Waals surface area contributed by atoms with E-state index in [1.807, 2.05) is 24.3 Å². The molecule has 4 bridgehead atoms. The molecule has 6 aliphatic rings. The van der Waals surface area contributed by atoms with Gasteiger partial charge in [-0.15, -0.1) is 0 Å². The van der Waals surface area contributed by atoms with Crippen molar-refractivity contribution in [1.29, 1.82) is 0 Å². The molecule has 0 aromatic heterocycles. The summed E-state index contributed by atoms with van der Waals surface area (Å²) in [5, 5.41) is 43.2. The molecule has 0 amide bonds. The smallest absolute Gasteiger partial charge is 0.157 e. The second kappa shape index (κ2) is 10.7. The summed E-state index contributed by atoms with van der Waals surface area (Å²) in [7, 11) is 3.29. The number of phenols is 4. The van der Waals surface area contributed by atoms with Crippen LogP contribution in [0.4, 0.5) is 0 Å². The van der Waals surface area contributed by atoms with E-state index in [-0.39, 0.29) is 46.7 Å². The van der Waals surface area contributed by atoms with E-state index >= 15 is 0 Å². The Bertz CT molecular complexity index is 1860. The minimum atomic E-state index is -0.321. The average molecular weight is 643 g/mol. The third-order valence-corrected chi connectivity index (χ3v) is 10.6. The van der Waals surface area contributed by atoms with Crippen LogP contribution < -0.4 is 9.47 Å². The van der Waals surface area contributed by atoms with E-state index in [0.717, 1.165) is 78.3 Å². The van der Waals surface area contributed by atoms with Gasteiger partial charge < -0.3 is 39.4 Å². The van der Waals surface area contributed by atoms with Crippen LogP contribution in [-0.2, 0) is 9.47 Å². The number of phenolic OH excluding ortho intramolecular Hbond substituents is 4. The molecular weight excluding hydrogens is 608 g/mol. The number of methoxy groups -OCH3 is 2. The standard InChI is InChI=1S/C40H34O8/c1-45-11-13-47-39-35-31-19-7-3-5-9-21(19)33(25-17-29(43)27(41)15-23(25)31)37(35)40(48-14-12-46-2)38-34-22-10-6-4-8-20(22)32(36(38)39)24-16-28(42)30(44)18-26(24)34/h3-10,15-18,31-34,41-44H,11-14H2,1-2H3. The van der Waals surface area contributed by atoms with E-state index in [4.69, 9.17) is 18.9 Å². The van der Waals surface area contributed by atoms with E-state index < -0.39 is 0 Å². The second-order valence-electron chi connectivity index (χ2n) is 12.9. The van der Waals surface area contributed by atoms with Crippen LogP contribution in [0.15, 0.2) is 72.8 Å². The third-order valence-electron chi connectivity index (χ3n) is 10.6. The highest BCUT2D eigenvalue weighted by atomic mass is 16.5. The SMILES string of the molecule is COCCOc1c2c(c(OCCOC)c3c1C1c4ccccc4C3c3cc(O)c(O)cc31)C1c3ccccc3C2c2cc(O)c(O)cc21. The van der Waals surface area contributed by atoms with Crippen LogP contribution in [0, 0.1) is 0 Å². The first kappa shape index (κ1) is 29.0. The number of rotatable bonds is 8. The van der Waals surface area contributed by atoms with Crippen molar-refractivity contribution in [3.63, 3.8) is 0 Å². The Balaban J connectivity index is 1.43. The van der Waals surface area contributed by atoms with Gasteiger partial charge in [0.1, 0.15) is 24.7 Å². The van der Waals surface area contributed by atoms with Crippen LogP contribution in [-0.4, -0.2) is 61.1 Å². The van der Waals surface area contributed by atoms with Gasteiger partial charge in [-0.2, -0.15) is 0 Å². The highest BCUT2D eigenvalue weighted by molar-refractivity contribution is 5.83. The maximum Gasteiger partial charge on any atom is 0.157 e. The lowest BCUT2D eigenvalue weighted by Crippen LogP contribution is -2.34. The molecule has 8 heteroatoms. The molecule has 6 aliphatic carbocycles. The Kier molecular flexibility index (Phi) is 6.44. The molecule has 0 spiro atoms. The van der Waals surface area contributed by atoms with Gasteiger partial charge >= 0.3 is 0 Å². The summed E-state index contributed by atoms with van der Waals surface area (Å²) < 4.78 is 24.7. The zero-order chi connectivity index (χ0) is 32.8. The van der Waals surface area contributed by atoms with Crippen LogP contribution in [0.3, 0.4) is 0 Å². The Hall–Kier alpha value is -5.18. The van der Waals surface area contributed by atoms with Gasteiger partial charge in [0, 0.05) is 60.1 Å². The molecule has 4 N–H and O–H groups in total. The third kappa shape index (κ3) is 3.78. The van der Waals surface area contributed by atoms with Crippen molar-refractivity contribution in [3.05, 3.63) is 140 Å². The van der Waals surface area contributed by atoms with Gasteiger partial charge in [0.15, 0.2) is 23.0 Å². The monoisotopic (exact) mass is 642 g/mol. The van der Waals surface area contributed by atoms with Gasteiger partial charge in [-0.3, -0.25) is 0 Å². The minimum absolute atomic E-state index is 0.172. The van der Waals surface area contributed by atoms with E-state index in [1.165, 1.54) is 0 Å². The second-order valence-corrected chi connectivity index (χ2v) is 12.9. The number of aromatic hydroxyl groups is 4. The summed E-state index contributed by atoms with van der Waals surface area (Å²) in [4.78, 5) is 0. The summed E-state index contributed by atoms with van der Waals surface area (Å²) in [6.45, 7) is 1.36. The van der Waals surface area contributed by atoms with E-state index in [0.29, 0.717) is 26.4 Å². The fourth-order valence-corrected chi connectivity index (χ4v) is 8.90. The quantitative estimate of drug-likeness (QED) is 0.109. The summed E-state index contributed by atoms with van der Waals surface area (Å²) in [5.41, 5.74) is 11.9. The van der Waals surface area contributed by atoms with Gasteiger partial charge in [-0.25, -0.2) is 0 Å². The molecule has 48 heavy (non-hydrogen) atoms. The van der Waals surface area contributed by atoms with Crippen LogP contribution in [0.25, 0.3) is 0 Å². The normalized spacial score (nSPS) is 19.9. The van der Waals surface area contributed by atoms with Gasteiger partial charge in [0.05, 0.1) is 13.2 Å². The molecule has 0 radical (unpaired) electrons. The molecule has 0 saturated carbocycles. The average Bonchev–Trinajstić information content (AvgIpc) is 3.09. The Morgan fingerprint density at radius 2 is 0.688 bits per heavy atom. The zero-order valence-electron chi connectivity index (χ0n) is 26.5. The molecule has 0 aliphatic heterocycles. The highest BCUT2D eigenvalue weighted by Crippen LogP contribution is 2.68. The minimum Gasteiger partial charge on any atom is -0.504 e. The fourth-order valence-electron chi connectivity index (χ4n) is 8.90. The van der Waals surface area contributed by atoms with Crippen molar-refractivity contribution in [2.45, 2.75) is 23.7 Å². The molecule has 0 saturated heterocycles. The van der Waals surface area contributed by atoms with Crippen molar-refractivity contribution in [2.24, 2.45) is 0 Å². The molecule has 8 nitrogen and oxygen atoms in total. The van der Waals surface area contributed by atoms with Gasteiger partial charge in [0.25, 0.3) is 0 Å². The number of hydrogen-bond acceptors (Lipinski definition) is 8. The van der Waals surface area contributed by atoms with Crippen molar-refractivity contribution in [2.75, 3.05) is 40.6 Å². The summed E-state index contributed by atoms with van der Waals surface area (Å²) in [5.74, 6) is -0.497. The van der Waals surface area contributed by atoms with Crippen LogP contribution >= 0.6 is 0 Å². The Morgan fingerprint density at radius 3 is 0.938 bits per heavy atom. The first-order valence-electron chi connectivity index (χ1n) is 16.2. The number of ether oxygens (including phenoxy) is 4. The van der Waals surface area contributed by atoms with E-state index in [1.54, 1.807) is 38.5 Å². The van der Waals surface area contributed by atoms with Crippen LogP contribution in [0.5, 0.6) is 34.5 Å². The lowest BCUT2D eigenvalue weighted by atomic mass is 9.55. The molecule has 4 atom stereocenters. The maximum atomic E-state index is 10.8. The number of hydrogen-bond donors (Lipinski definition) is 4. The molecule has 0 fully saturated rings. The van der Waals surface area contributed by atoms with Crippen LogP contribution in [0.1, 0.15) is 90.4 Å². The van der Waals surface area contributed by atoms with Crippen molar-refractivity contribution in [3.8, 4) is 34.5 Å². The molecule has 5 aromatic rings. The highest BCUT2D eigenvalue weighted by Gasteiger charge is 2.52. The fraction of sp³-hybridized carbons (Fsp3) is 0.250. The molecular formula is C40H34O8. The number of benzene rings is 5. The summed E-state index contributed by atoms with van der Waals surface area (Å²) >= 11 is 0. The largest absolute Gasteiger partial charge is 0.504 e. The van der Waals surface area contributed by atoms with Crippen molar-refractivity contribution in [1.82, 2.24) is 0 Å². The van der Waals surface area contributed by atoms with Gasteiger partial charge in [0.2, 0.25) is 0 Å². The molecule has 5 aromatic carbocycles. The molecule has 0 heterocycles. The van der Waals surface area contributed by atoms with Crippen LogP contribution in [0.2, 0.25) is 0 Å². The Morgan fingerprint density at radius 1 is 0.417 bits per heavy atom. The Labute approximate surface area is 277 Å². The predicted molar refractivity (Wildman–Crippen MR) is 177 cm³/mol. The van der Waals surface area contributed by atoms with E-state index in [2.05, 4.69) is 24.3 Å².